The molecule has 2 N–H and O–H groups in total. The van der Waals surface area contributed by atoms with Gasteiger partial charge in [0.1, 0.15) is 6.10 Å². The van der Waals surface area contributed by atoms with Gasteiger partial charge in [-0.15, -0.1) is 0 Å². The first-order valence-corrected chi connectivity index (χ1v) is 5.32. The third-order valence-electron chi connectivity index (χ3n) is 2.21. The van der Waals surface area contributed by atoms with Crippen molar-refractivity contribution in [3.63, 3.8) is 0 Å². The lowest BCUT2D eigenvalue weighted by Gasteiger charge is -2.17. The normalized spacial score (nSPS) is 15.1. The van der Waals surface area contributed by atoms with Crippen LogP contribution in [0.1, 0.15) is 23.7 Å². The molecular weight excluding hydrogens is 196 g/mol. The third kappa shape index (κ3) is 3.01. The minimum absolute atomic E-state index is 0.498. The van der Waals surface area contributed by atoms with Crippen LogP contribution in [0.5, 0.6) is 0 Å². The van der Waals surface area contributed by atoms with Gasteiger partial charge in [0.15, 0.2) is 0 Å². The molecule has 1 rings (SSSR count). The Morgan fingerprint density at radius 2 is 1.79 bits per heavy atom. The van der Waals surface area contributed by atoms with Crippen LogP contribution >= 0.6 is 12.6 Å². The number of hydrogen-bond donors (Lipinski definition) is 3. The van der Waals surface area contributed by atoms with Crippen molar-refractivity contribution in [1.29, 1.82) is 0 Å². The van der Waals surface area contributed by atoms with E-state index in [4.69, 9.17) is 0 Å². The Morgan fingerprint density at radius 1 is 1.21 bits per heavy atom. The fourth-order valence-electron chi connectivity index (χ4n) is 1.28. The van der Waals surface area contributed by atoms with Crippen LogP contribution < -0.4 is 0 Å². The Balaban J connectivity index is 2.68. The minimum atomic E-state index is -0.803. The van der Waals surface area contributed by atoms with Gasteiger partial charge in [-0.25, -0.2) is 0 Å². The summed E-state index contributed by atoms with van der Waals surface area (Å²) in [6.45, 7) is 1.99. The van der Waals surface area contributed by atoms with Crippen molar-refractivity contribution < 1.29 is 10.2 Å². The first-order valence-electron chi connectivity index (χ1n) is 4.68. The number of aryl methyl sites for hydroxylation is 1. The minimum Gasteiger partial charge on any atom is -0.390 e. The van der Waals surface area contributed by atoms with Crippen LogP contribution in [0.15, 0.2) is 24.3 Å². The fourth-order valence-corrected chi connectivity index (χ4v) is 1.54. The van der Waals surface area contributed by atoms with Gasteiger partial charge in [-0.3, -0.25) is 0 Å². The number of hydrogen-bond acceptors (Lipinski definition) is 3. The summed E-state index contributed by atoms with van der Waals surface area (Å²) >= 11 is 4.01. The van der Waals surface area contributed by atoms with Gasteiger partial charge in [-0.05, 0) is 24.7 Å². The van der Waals surface area contributed by atoms with Gasteiger partial charge in [-0.1, -0.05) is 29.8 Å². The largest absolute Gasteiger partial charge is 0.390 e. The van der Waals surface area contributed by atoms with E-state index in [0.717, 1.165) is 11.1 Å². The third-order valence-corrected chi connectivity index (χ3v) is 2.47. The number of benzene rings is 1. The molecule has 0 aliphatic carbocycles. The molecule has 3 heteroatoms. The van der Waals surface area contributed by atoms with Gasteiger partial charge in [-0.2, -0.15) is 12.6 Å². The van der Waals surface area contributed by atoms with E-state index in [2.05, 4.69) is 12.6 Å². The highest BCUT2D eigenvalue weighted by atomic mass is 32.1. The van der Waals surface area contributed by atoms with E-state index in [-0.39, 0.29) is 0 Å². The molecule has 0 amide bonds. The van der Waals surface area contributed by atoms with Crippen molar-refractivity contribution in [3.8, 4) is 0 Å². The molecule has 1 aromatic rings. The summed E-state index contributed by atoms with van der Waals surface area (Å²) in [6.07, 6.45) is -1.03. The lowest BCUT2D eigenvalue weighted by atomic mass is 10.0. The van der Waals surface area contributed by atoms with E-state index < -0.39 is 12.2 Å². The molecule has 0 radical (unpaired) electrons. The Bertz CT molecular complexity index is 271. The van der Waals surface area contributed by atoms with E-state index >= 15 is 0 Å². The maximum Gasteiger partial charge on any atom is 0.105 e. The maximum atomic E-state index is 9.73. The van der Waals surface area contributed by atoms with Crippen molar-refractivity contribution >= 4 is 12.6 Å². The van der Waals surface area contributed by atoms with Crippen LogP contribution in [-0.4, -0.2) is 22.1 Å². The molecular formula is C11H16O2S. The first kappa shape index (κ1) is 11.6. The lowest BCUT2D eigenvalue weighted by molar-refractivity contribution is 0.0172. The summed E-state index contributed by atoms with van der Waals surface area (Å²) in [5.74, 6) is 0.574. The molecule has 1 aromatic carbocycles. The van der Waals surface area contributed by atoms with Crippen molar-refractivity contribution in [3.05, 3.63) is 35.4 Å². The number of rotatable bonds is 4. The summed E-state index contributed by atoms with van der Waals surface area (Å²) in [4.78, 5) is 0. The monoisotopic (exact) mass is 212 g/mol. The van der Waals surface area contributed by atoms with Gasteiger partial charge < -0.3 is 10.2 Å². The topological polar surface area (TPSA) is 40.5 Å². The second kappa shape index (κ2) is 5.39. The maximum absolute atomic E-state index is 9.73. The molecule has 14 heavy (non-hydrogen) atoms. The van der Waals surface area contributed by atoms with Crippen molar-refractivity contribution in [1.82, 2.24) is 0 Å². The summed E-state index contributed by atoms with van der Waals surface area (Å²) in [7, 11) is 0. The van der Waals surface area contributed by atoms with Crippen molar-refractivity contribution in [2.45, 2.75) is 25.6 Å². The summed E-state index contributed by atoms with van der Waals surface area (Å²) in [5, 5.41) is 19.3. The molecule has 0 aliphatic rings. The molecule has 0 aliphatic heterocycles. The van der Waals surface area contributed by atoms with Gasteiger partial charge in [0.05, 0.1) is 6.10 Å². The predicted molar refractivity (Wildman–Crippen MR) is 60.6 cm³/mol. The van der Waals surface area contributed by atoms with Crippen LogP contribution in [0.2, 0.25) is 0 Å². The van der Waals surface area contributed by atoms with E-state index in [1.807, 2.05) is 31.2 Å². The van der Waals surface area contributed by atoms with E-state index in [9.17, 15) is 10.2 Å². The Kier molecular flexibility index (Phi) is 4.45. The van der Waals surface area contributed by atoms with Gasteiger partial charge in [0.25, 0.3) is 0 Å². The summed E-state index contributed by atoms with van der Waals surface area (Å²) in [5.41, 5.74) is 1.90. The zero-order chi connectivity index (χ0) is 10.6. The Labute approximate surface area is 90.0 Å². The van der Waals surface area contributed by atoms with E-state index in [1.54, 1.807) is 0 Å². The molecule has 2 nitrogen and oxygen atoms in total. The molecule has 0 spiro atoms. The second-order valence-corrected chi connectivity index (χ2v) is 3.88. The van der Waals surface area contributed by atoms with Crippen molar-refractivity contribution in [2.75, 3.05) is 5.75 Å². The fraction of sp³-hybridized carbons (Fsp3) is 0.455. The van der Waals surface area contributed by atoms with Gasteiger partial charge in [0, 0.05) is 0 Å². The zero-order valence-electron chi connectivity index (χ0n) is 8.22. The SMILES string of the molecule is Cc1ccc(C(O)C(O)CCS)cc1. The molecule has 0 saturated carbocycles. The zero-order valence-corrected chi connectivity index (χ0v) is 9.11. The van der Waals surface area contributed by atoms with E-state index in [0.29, 0.717) is 12.2 Å². The van der Waals surface area contributed by atoms with Crippen molar-refractivity contribution in [2.24, 2.45) is 0 Å². The van der Waals surface area contributed by atoms with Crippen LogP contribution in [0, 0.1) is 6.92 Å². The highest BCUT2D eigenvalue weighted by molar-refractivity contribution is 7.80. The van der Waals surface area contributed by atoms with Gasteiger partial charge >= 0.3 is 0 Å². The Morgan fingerprint density at radius 3 is 2.29 bits per heavy atom. The number of aliphatic hydroxyl groups is 2. The second-order valence-electron chi connectivity index (χ2n) is 3.44. The summed E-state index contributed by atoms with van der Waals surface area (Å²) in [6, 6.07) is 7.52. The smallest absolute Gasteiger partial charge is 0.105 e. The molecule has 0 bridgehead atoms. The lowest BCUT2D eigenvalue weighted by Crippen LogP contribution is -2.18. The molecule has 0 aromatic heterocycles. The van der Waals surface area contributed by atoms with Crippen LogP contribution in [0.3, 0.4) is 0 Å². The predicted octanol–water partition coefficient (Wildman–Crippen LogP) is 1.71. The molecule has 2 unspecified atom stereocenters. The number of aliphatic hydroxyl groups excluding tert-OH is 2. The quantitative estimate of drug-likeness (QED) is 0.665. The molecule has 0 heterocycles. The van der Waals surface area contributed by atoms with Gasteiger partial charge in [0.2, 0.25) is 0 Å². The first-order chi connectivity index (χ1) is 6.65. The number of thiol groups is 1. The molecule has 2 atom stereocenters. The highest BCUT2D eigenvalue weighted by Gasteiger charge is 2.16. The van der Waals surface area contributed by atoms with Crippen LogP contribution in [0.25, 0.3) is 0 Å². The summed E-state index contributed by atoms with van der Waals surface area (Å²) < 4.78 is 0. The molecule has 0 fully saturated rings. The standard InChI is InChI=1S/C11H16O2S/c1-8-2-4-9(5-3-8)11(13)10(12)6-7-14/h2-5,10-14H,6-7H2,1H3. The van der Waals surface area contributed by atoms with Crippen LogP contribution in [-0.2, 0) is 0 Å². The van der Waals surface area contributed by atoms with E-state index in [1.165, 1.54) is 0 Å². The van der Waals surface area contributed by atoms with Crippen LogP contribution in [0.4, 0.5) is 0 Å². The molecule has 0 saturated heterocycles. The average Bonchev–Trinajstić information content (AvgIpc) is 2.18. The average molecular weight is 212 g/mol. The highest BCUT2D eigenvalue weighted by Crippen LogP contribution is 2.19. The molecule has 78 valence electrons. The Hall–Kier alpha value is -0.510.